The van der Waals surface area contributed by atoms with E-state index in [2.05, 4.69) is 9.97 Å². The SMILES string of the molecule is Cc1cnc(C(=O)CCOC(=O)N(C)C(C)(C)C)cn1. The first kappa shape index (κ1) is 16.1. The summed E-state index contributed by atoms with van der Waals surface area (Å²) in [4.78, 5) is 33.0. The molecule has 110 valence electrons. The molecule has 0 aromatic carbocycles. The Labute approximate surface area is 119 Å². The van der Waals surface area contributed by atoms with Crippen LogP contribution in [0.1, 0.15) is 43.4 Å². The van der Waals surface area contributed by atoms with Gasteiger partial charge in [0.25, 0.3) is 0 Å². The van der Waals surface area contributed by atoms with Crippen LogP contribution in [0, 0.1) is 6.92 Å². The number of rotatable bonds is 4. The van der Waals surface area contributed by atoms with Gasteiger partial charge in [-0.3, -0.25) is 9.78 Å². The van der Waals surface area contributed by atoms with Gasteiger partial charge in [0.15, 0.2) is 5.78 Å². The molecule has 0 spiro atoms. The van der Waals surface area contributed by atoms with Gasteiger partial charge in [0.1, 0.15) is 12.3 Å². The van der Waals surface area contributed by atoms with Crippen LogP contribution >= 0.6 is 0 Å². The lowest BCUT2D eigenvalue weighted by Crippen LogP contribution is -2.43. The predicted molar refractivity (Wildman–Crippen MR) is 74.6 cm³/mol. The molecule has 1 aromatic rings. The number of ketones is 1. The smallest absolute Gasteiger partial charge is 0.409 e. The van der Waals surface area contributed by atoms with E-state index in [1.165, 1.54) is 17.3 Å². The minimum absolute atomic E-state index is 0.0354. The first-order valence-corrected chi connectivity index (χ1v) is 6.44. The standard InChI is InChI=1S/C14H21N3O3/c1-10-8-16-11(9-15-10)12(18)6-7-20-13(19)17(5)14(2,3)4/h8-9H,6-7H2,1-5H3. The number of hydrogen-bond acceptors (Lipinski definition) is 5. The summed E-state index contributed by atoms with van der Waals surface area (Å²) in [6, 6.07) is 0. The van der Waals surface area contributed by atoms with Crippen molar-refractivity contribution in [1.29, 1.82) is 0 Å². The van der Waals surface area contributed by atoms with E-state index in [4.69, 9.17) is 4.74 Å². The average molecular weight is 279 g/mol. The Bertz CT molecular complexity index is 477. The number of ether oxygens (including phenoxy) is 1. The molecule has 0 aliphatic rings. The van der Waals surface area contributed by atoms with Crippen molar-refractivity contribution in [3.8, 4) is 0 Å². The number of aromatic nitrogens is 2. The van der Waals surface area contributed by atoms with Gasteiger partial charge in [0.2, 0.25) is 0 Å². The molecule has 0 N–H and O–H groups in total. The fourth-order valence-corrected chi connectivity index (χ4v) is 1.27. The lowest BCUT2D eigenvalue weighted by molar-refractivity contribution is 0.0751. The van der Waals surface area contributed by atoms with Crippen LogP contribution in [-0.4, -0.2) is 45.9 Å². The molecule has 0 atom stereocenters. The molecule has 1 aromatic heterocycles. The highest BCUT2D eigenvalue weighted by Gasteiger charge is 2.23. The lowest BCUT2D eigenvalue weighted by atomic mass is 10.1. The van der Waals surface area contributed by atoms with Crippen molar-refractivity contribution in [2.45, 2.75) is 39.7 Å². The molecule has 0 saturated carbocycles. The van der Waals surface area contributed by atoms with Gasteiger partial charge in [-0.15, -0.1) is 0 Å². The molecule has 6 heteroatoms. The van der Waals surface area contributed by atoms with E-state index in [1.54, 1.807) is 14.0 Å². The molecule has 0 fully saturated rings. The van der Waals surface area contributed by atoms with E-state index in [0.29, 0.717) is 0 Å². The molecule has 20 heavy (non-hydrogen) atoms. The molecule has 0 aliphatic carbocycles. The summed E-state index contributed by atoms with van der Waals surface area (Å²) in [5.41, 5.74) is 0.722. The van der Waals surface area contributed by atoms with E-state index in [-0.39, 0.29) is 30.0 Å². The number of hydrogen-bond donors (Lipinski definition) is 0. The van der Waals surface area contributed by atoms with Crippen molar-refractivity contribution in [1.82, 2.24) is 14.9 Å². The van der Waals surface area contributed by atoms with Gasteiger partial charge in [0, 0.05) is 25.2 Å². The molecule has 0 unspecified atom stereocenters. The number of aryl methyl sites for hydroxylation is 1. The Morgan fingerprint density at radius 1 is 1.25 bits per heavy atom. The number of carbonyl (C=O) groups is 2. The molecule has 6 nitrogen and oxygen atoms in total. The molecule has 1 heterocycles. The number of Topliss-reactive ketones (excluding diaryl/α,β-unsaturated/α-hetero) is 1. The highest BCUT2D eigenvalue weighted by atomic mass is 16.6. The predicted octanol–water partition coefficient (Wildman–Crippen LogP) is 2.22. The summed E-state index contributed by atoms with van der Waals surface area (Å²) in [6.45, 7) is 7.54. The van der Waals surface area contributed by atoms with Crippen LogP contribution in [0.4, 0.5) is 4.79 Å². The van der Waals surface area contributed by atoms with E-state index < -0.39 is 6.09 Å². The van der Waals surface area contributed by atoms with E-state index in [0.717, 1.165) is 5.69 Å². The third kappa shape index (κ3) is 4.60. The first-order chi connectivity index (χ1) is 9.21. The number of nitrogens with zero attached hydrogens (tertiary/aromatic N) is 3. The molecule has 1 rings (SSSR count). The second kappa shape index (κ2) is 6.45. The van der Waals surface area contributed by atoms with E-state index >= 15 is 0 Å². The molecule has 0 radical (unpaired) electrons. The summed E-state index contributed by atoms with van der Waals surface area (Å²) in [6.07, 6.45) is 2.62. The zero-order valence-electron chi connectivity index (χ0n) is 12.6. The largest absolute Gasteiger partial charge is 0.449 e. The van der Waals surface area contributed by atoms with Gasteiger partial charge in [-0.25, -0.2) is 9.78 Å². The summed E-state index contributed by atoms with van der Waals surface area (Å²) in [7, 11) is 1.66. The second-order valence-corrected chi connectivity index (χ2v) is 5.56. The van der Waals surface area contributed by atoms with Gasteiger partial charge < -0.3 is 9.64 Å². The molecule has 0 aliphatic heterocycles. The zero-order valence-corrected chi connectivity index (χ0v) is 12.6. The summed E-state index contributed by atoms with van der Waals surface area (Å²) < 4.78 is 5.06. The molecule has 1 amide bonds. The minimum atomic E-state index is -0.444. The van der Waals surface area contributed by atoms with Gasteiger partial charge in [0.05, 0.1) is 11.9 Å². The van der Waals surface area contributed by atoms with Gasteiger partial charge in [-0.1, -0.05) is 0 Å². The summed E-state index contributed by atoms with van der Waals surface area (Å²) in [5, 5.41) is 0. The topological polar surface area (TPSA) is 72.4 Å². The normalized spacial score (nSPS) is 11.1. The van der Waals surface area contributed by atoms with E-state index in [9.17, 15) is 9.59 Å². The highest BCUT2D eigenvalue weighted by molar-refractivity contribution is 5.94. The zero-order chi connectivity index (χ0) is 15.3. The Hall–Kier alpha value is -1.98. The van der Waals surface area contributed by atoms with Crippen LogP contribution in [0.2, 0.25) is 0 Å². The van der Waals surface area contributed by atoms with Crippen molar-refractivity contribution >= 4 is 11.9 Å². The fraction of sp³-hybridized carbons (Fsp3) is 0.571. The quantitative estimate of drug-likeness (QED) is 0.790. The maximum atomic E-state index is 11.8. The number of amides is 1. The Morgan fingerprint density at radius 2 is 1.90 bits per heavy atom. The monoisotopic (exact) mass is 279 g/mol. The summed E-state index contributed by atoms with van der Waals surface area (Å²) in [5.74, 6) is -0.191. The molecular weight excluding hydrogens is 258 g/mol. The van der Waals surface area contributed by atoms with Crippen LogP contribution in [-0.2, 0) is 4.74 Å². The summed E-state index contributed by atoms with van der Waals surface area (Å²) >= 11 is 0. The second-order valence-electron chi connectivity index (χ2n) is 5.56. The third-order valence-corrected chi connectivity index (χ3v) is 2.90. The van der Waals surface area contributed by atoms with Crippen molar-refractivity contribution in [2.75, 3.05) is 13.7 Å². The van der Waals surface area contributed by atoms with Crippen molar-refractivity contribution < 1.29 is 14.3 Å². The average Bonchev–Trinajstić information content (AvgIpc) is 2.37. The fourth-order valence-electron chi connectivity index (χ4n) is 1.27. The van der Waals surface area contributed by atoms with Crippen molar-refractivity contribution in [3.63, 3.8) is 0 Å². The van der Waals surface area contributed by atoms with Crippen molar-refractivity contribution in [3.05, 3.63) is 23.8 Å². The lowest BCUT2D eigenvalue weighted by Gasteiger charge is -2.30. The van der Waals surface area contributed by atoms with Gasteiger partial charge in [-0.05, 0) is 27.7 Å². The first-order valence-electron chi connectivity index (χ1n) is 6.44. The number of carbonyl (C=O) groups excluding carboxylic acids is 2. The van der Waals surface area contributed by atoms with Gasteiger partial charge >= 0.3 is 6.09 Å². The van der Waals surface area contributed by atoms with Crippen LogP contribution in [0.25, 0.3) is 0 Å². The van der Waals surface area contributed by atoms with E-state index in [1.807, 2.05) is 20.8 Å². The molecule has 0 bridgehead atoms. The Balaban J connectivity index is 2.43. The van der Waals surface area contributed by atoms with Crippen LogP contribution in [0.5, 0.6) is 0 Å². The van der Waals surface area contributed by atoms with Gasteiger partial charge in [-0.2, -0.15) is 0 Å². The maximum Gasteiger partial charge on any atom is 0.409 e. The Kier molecular flexibility index (Phi) is 5.19. The minimum Gasteiger partial charge on any atom is -0.449 e. The molecule has 0 saturated heterocycles. The van der Waals surface area contributed by atoms with Crippen LogP contribution in [0.15, 0.2) is 12.4 Å². The Morgan fingerprint density at radius 3 is 2.40 bits per heavy atom. The van der Waals surface area contributed by atoms with Crippen LogP contribution < -0.4 is 0 Å². The van der Waals surface area contributed by atoms with Crippen molar-refractivity contribution in [2.24, 2.45) is 0 Å². The van der Waals surface area contributed by atoms with Crippen LogP contribution in [0.3, 0.4) is 0 Å². The molecular formula is C14H21N3O3. The maximum absolute atomic E-state index is 11.8. The third-order valence-electron chi connectivity index (χ3n) is 2.90. The highest BCUT2D eigenvalue weighted by Crippen LogP contribution is 2.11.